The molecule has 0 aromatic heterocycles. The standard InChI is InChI=1S/C14H18F9NO4S/c1-3-11(15,16)13(20,21)14(22,23)29(28-24-26)6-4-5-9(7-29)10(25)27-8(2)12(17,18)19/h8-9H,3-7H2,1-2H3. The van der Waals surface area contributed by atoms with Crippen molar-refractivity contribution in [3.05, 3.63) is 4.91 Å². The Morgan fingerprint density at radius 1 is 1.14 bits per heavy atom. The van der Waals surface area contributed by atoms with Crippen molar-refractivity contribution < 1.29 is 53.3 Å². The highest BCUT2D eigenvalue weighted by Crippen LogP contribution is 2.72. The summed E-state index contributed by atoms with van der Waals surface area (Å²) in [7, 11) is -4.77. The zero-order valence-corrected chi connectivity index (χ0v) is 15.9. The SMILES string of the molecule is CCC(F)(F)C(F)(F)C(F)(F)S1(ON=O)CCCC(C(=O)OC(C)C(F)(F)F)C1. The number of hydrogen-bond donors (Lipinski definition) is 0. The van der Waals surface area contributed by atoms with Gasteiger partial charge < -0.3 is 9.02 Å². The van der Waals surface area contributed by atoms with E-state index < -0.39 is 75.9 Å². The Morgan fingerprint density at radius 3 is 2.14 bits per heavy atom. The van der Waals surface area contributed by atoms with Crippen LogP contribution in [0.15, 0.2) is 5.34 Å². The van der Waals surface area contributed by atoms with E-state index in [9.17, 15) is 49.2 Å². The van der Waals surface area contributed by atoms with Crippen molar-refractivity contribution in [1.82, 2.24) is 0 Å². The maximum absolute atomic E-state index is 14.7. The second-order valence-corrected chi connectivity index (χ2v) is 9.47. The Kier molecular flexibility index (Phi) is 7.40. The highest BCUT2D eigenvalue weighted by atomic mass is 32.3. The fourth-order valence-corrected chi connectivity index (χ4v) is 5.83. The van der Waals surface area contributed by atoms with Gasteiger partial charge in [0, 0.05) is 28.2 Å². The summed E-state index contributed by atoms with van der Waals surface area (Å²) in [6.45, 7) is 0.985. The van der Waals surface area contributed by atoms with Gasteiger partial charge in [0.25, 0.3) is 0 Å². The average molecular weight is 467 g/mol. The van der Waals surface area contributed by atoms with E-state index in [1.807, 2.05) is 0 Å². The van der Waals surface area contributed by atoms with Gasteiger partial charge in [0.15, 0.2) is 11.4 Å². The normalized spacial score (nSPS) is 27.5. The van der Waals surface area contributed by atoms with Crippen LogP contribution in [-0.4, -0.2) is 46.9 Å². The molecular weight excluding hydrogens is 449 g/mol. The first-order valence-electron chi connectivity index (χ1n) is 8.19. The van der Waals surface area contributed by atoms with Gasteiger partial charge >= 0.3 is 29.2 Å². The van der Waals surface area contributed by atoms with Crippen LogP contribution in [0.1, 0.15) is 33.1 Å². The number of carbonyl (C=O) groups excluding carboxylic acids is 1. The number of rotatable bonds is 8. The predicted octanol–water partition coefficient (Wildman–Crippen LogP) is 5.58. The molecule has 1 rings (SSSR count). The Hall–Kier alpha value is -1.41. The van der Waals surface area contributed by atoms with Gasteiger partial charge in [0.1, 0.15) is 0 Å². The minimum Gasteiger partial charge on any atom is -0.453 e. The summed E-state index contributed by atoms with van der Waals surface area (Å²) in [4.78, 5) is 22.4. The van der Waals surface area contributed by atoms with Crippen LogP contribution in [0.3, 0.4) is 0 Å². The molecule has 0 N–H and O–H groups in total. The molecule has 1 aliphatic heterocycles. The van der Waals surface area contributed by atoms with Crippen molar-refractivity contribution in [2.75, 3.05) is 11.5 Å². The lowest BCUT2D eigenvalue weighted by Gasteiger charge is -2.48. The summed E-state index contributed by atoms with van der Waals surface area (Å²) in [6, 6.07) is 0. The Morgan fingerprint density at radius 2 is 1.69 bits per heavy atom. The van der Waals surface area contributed by atoms with Crippen molar-refractivity contribution in [2.24, 2.45) is 11.3 Å². The number of halogens is 9. The highest BCUT2D eigenvalue weighted by Gasteiger charge is 2.78. The minimum absolute atomic E-state index is 0.355. The van der Waals surface area contributed by atoms with Crippen LogP contribution >= 0.6 is 10.3 Å². The third-order valence-electron chi connectivity index (χ3n) is 4.49. The number of carbonyl (C=O) groups is 1. The third kappa shape index (κ3) is 4.68. The lowest BCUT2D eigenvalue weighted by molar-refractivity contribution is -0.280. The molecule has 3 unspecified atom stereocenters. The molecule has 0 spiro atoms. The number of hydrogen-bond acceptors (Lipinski definition) is 5. The molecule has 0 aromatic rings. The number of esters is 1. The maximum atomic E-state index is 14.7. The van der Waals surface area contributed by atoms with Crippen molar-refractivity contribution in [2.45, 2.75) is 62.5 Å². The molecule has 0 aromatic carbocycles. The van der Waals surface area contributed by atoms with Crippen molar-refractivity contribution in [3.8, 4) is 0 Å². The Bertz CT molecular complexity index is 616. The molecule has 3 atom stereocenters. The quantitative estimate of drug-likeness (QED) is 0.202. The van der Waals surface area contributed by atoms with Crippen LogP contribution in [0.25, 0.3) is 0 Å². The van der Waals surface area contributed by atoms with E-state index in [-0.39, 0.29) is 6.42 Å². The number of ether oxygens (including phenoxy) is 1. The van der Waals surface area contributed by atoms with Gasteiger partial charge in [-0.3, -0.25) is 4.79 Å². The summed E-state index contributed by atoms with van der Waals surface area (Å²) < 4.78 is 130. The number of nitrogens with zero attached hydrogens (tertiary/aromatic N) is 1. The minimum atomic E-state index is -5.97. The zero-order valence-electron chi connectivity index (χ0n) is 15.1. The number of alkyl halides is 9. The molecule has 1 saturated heterocycles. The molecule has 172 valence electrons. The Labute approximate surface area is 160 Å². The molecule has 0 saturated carbocycles. The molecule has 0 aliphatic carbocycles. The van der Waals surface area contributed by atoms with Gasteiger partial charge in [-0.25, -0.2) is 0 Å². The van der Waals surface area contributed by atoms with E-state index in [2.05, 4.69) is 9.02 Å². The third-order valence-corrected chi connectivity index (χ3v) is 7.92. The van der Waals surface area contributed by atoms with Crippen LogP contribution in [0.5, 0.6) is 0 Å². The van der Waals surface area contributed by atoms with Crippen molar-refractivity contribution >= 4 is 16.3 Å². The molecule has 29 heavy (non-hydrogen) atoms. The molecule has 0 amide bonds. The smallest absolute Gasteiger partial charge is 0.425 e. The van der Waals surface area contributed by atoms with E-state index >= 15 is 0 Å². The lowest BCUT2D eigenvalue weighted by atomic mass is 10.1. The van der Waals surface area contributed by atoms with Gasteiger partial charge in [0.2, 0.25) is 0 Å². The summed E-state index contributed by atoms with van der Waals surface area (Å²) in [5, 5.41) is -3.90. The predicted molar refractivity (Wildman–Crippen MR) is 83.7 cm³/mol. The second-order valence-electron chi connectivity index (χ2n) is 6.44. The van der Waals surface area contributed by atoms with E-state index in [4.69, 9.17) is 0 Å². The van der Waals surface area contributed by atoms with Gasteiger partial charge in [-0.1, -0.05) is 6.92 Å². The first kappa shape index (κ1) is 25.6. The van der Waals surface area contributed by atoms with Gasteiger partial charge in [0.05, 0.1) is 5.92 Å². The van der Waals surface area contributed by atoms with Gasteiger partial charge in [-0.2, -0.15) is 39.5 Å². The maximum Gasteiger partial charge on any atom is 0.425 e. The first-order chi connectivity index (χ1) is 13.0. The van der Waals surface area contributed by atoms with Crippen molar-refractivity contribution in [1.29, 1.82) is 0 Å². The fraction of sp³-hybridized carbons (Fsp3) is 0.929. The van der Waals surface area contributed by atoms with E-state index in [1.165, 1.54) is 0 Å². The molecule has 5 nitrogen and oxygen atoms in total. The topological polar surface area (TPSA) is 65.0 Å². The monoisotopic (exact) mass is 467 g/mol. The molecule has 1 fully saturated rings. The lowest BCUT2D eigenvalue weighted by Crippen LogP contribution is -2.58. The zero-order chi connectivity index (χ0) is 22.9. The van der Waals surface area contributed by atoms with Gasteiger partial charge in [-0.15, -0.1) is 4.91 Å². The summed E-state index contributed by atoms with van der Waals surface area (Å²) in [5.41, 5.74) is 0. The van der Waals surface area contributed by atoms with E-state index in [1.54, 1.807) is 5.34 Å². The molecule has 1 heterocycles. The fourth-order valence-electron chi connectivity index (χ4n) is 2.65. The highest BCUT2D eigenvalue weighted by molar-refractivity contribution is 8.30. The van der Waals surface area contributed by atoms with Crippen LogP contribution in [0.4, 0.5) is 39.5 Å². The van der Waals surface area contributed by atoms with E-state index in [0.717, 1.165) is 0 Å². The summed E-state index contributed by atoms with van der Waals surface area (Å²) in [5.74, 6) is -17.0. The van der Waals surface area contributed by atoms with Gasteiger partial charge in [-0.05, 0) is 19.8 Å². The van der Waals surface area contributed by atoms with Crippen LogP contribution in [-0.2, 0) is 13.8 Å². The second kappa shape index (κ2) is 8.38. The van der Waals surface area contributed by atoms with Crippen LogP contribution in [0.2, 0.25) is 0 Å². The Balaban J connectivity index is 3.26. The average Bonchev–Trinajstić information content (AvgIpc) is 2.60. The van der Waals surface area contributed by atoms with Crippen LogP contribution in [0, 0.1) is 10.8 Å². The first-order valence-corrected chi connectivity index (χ1v) is 10.1. The molecule has 0 radical (unpaired) electrons. The molecule has 1 aliphatic rings. The molecule has 0 bridgehead atoms. The largest absolute Gasteiger partial charge is 0.453 e. The molecular formula is C14H18F9NO4S. The van der Waals surface area contributed by atoms with Crippen molar-refractivity contribution in [3.63, 3.8) is 0 Å². The van der Waals surface area contributed by atoms with Crippen LogP contribution < -0.4 is 0 Å². The summed E-state index contributed by atoms with van der Waals surface area (Å²) in [6.07, 6.45) is -10.1. The molecule has 15 heteroatoms. The van der Waals surface area contributed by atoms with E-state index in [0.29, 0.717) is 13.8 Å². The summed E-state index contributed by atoms with van der Waals surface area (Å²) >= 11 is 0.